The topological polar surface area (TPSA) is 108 Å². The predicted molar refractivity (Wildman–Crippen MR) is 130 cm³/mol. The third kappa shape index (κ3) is 3.34. The zero-order chi connectivity index (χ0) is 23.7. The van der Waals surface area contributed by atoms with E-state index in [0.717, 1.165) is 51.7 Å². The Labute approximate surface area is 202 Å². The molecule has 0 saturated heterocycles. The molecule has 4 aliphatic rings. The lowest BCUT2D eigenvalue weighted by atomic mass is 9.44. The Morgan fingerprint density at radius 3 is 2.59 bits per heavy atom. The van der Waals surface area contributed by atoms with Crippen LogP contribution in [0.3, 0.4) is 0 Å². The molecule has 2 aromatic heterocycles. The first-order valence-corrected chi connectivity index (χ1v) is 12.7. The average Bonchev–Trinajstić information content (AvgIpc) is 3.27. The Morgan fingerprint density at radius 2 is 1.88 bits per heavy atom. The second kappa shape index (κ2) is 7.58. The molecule has 3 aromatic rings. The predicted octanol–water partition coefficient (Wildman–Crippen LogP) is 5.06. The van der Waals surface area contributed by atoms with Crippen LogP contribution in [0.1, 0.15) is 48.4 Å². The number of nitrogens with one attached hydrogen (secondary N) is 1. The smallest absolute Gasteiger partial charge is 0.309 e. The van der Waals surface area contributed by atoms with Gasteiger partial charge in [-0.15, -0.1) is 11.3 Å². The standard InChI is InChI=1S/C26H28N4O3S/c1-14-5-17(9-20(6-14)30-24-27-4-3-15(2)29-24)21-13-28-22(34-21)26(33)18-7-16-8-19(26)12-25(10-16,11-18)23(31)32/h3-6,9,13,16,18-19,33H,7-8,10-12H2,1-2H3,(H,31,32)(H,27,29,30)/t16?,18-,19+,25?,26?. The molecule has 34 heavy (non-hydrogen) atoms. The van der Waals surface area contributed by atoms with Crippen LogP contribution in [0, 0.1) is 37.0 Å². The van der Waals surface area contributed by atoms with Gasteiger partial charge in [0.2, 0.25) is 5.95 Å². The highest BCUT2D eigenvalue weighted by Crippen LogP contribution is 2.66. The van der Waals surface area contributed by atoms with Crippen molar-refractivity contribution in [3.63, 3.8) is 0 Å². The number of nitrogens with zero attached hydrogens (tertiary/aromatic N) is 3. The molecule has 4 aliphatic carbocycles. The molecule has 176 valence electrons. The summed E-state index contributed by atoms with van der Waals surface area (Å²) in [5, 5.41) is 25.9. The van der Waals surface area contributed by atoms with E-state index < -0.39 is 17.0 Å². The Morgan fingerprint density at radius 1 is 1.12 bits per heavy atom. The highest BCUT2D eigenvalue weighted by molar-refractivity contribution is 7.15. The molecule has 7 rings (SSSR count). The monoisotopic (exact) mass is 476 g/mol. The van der Waals surface area contributed by atoms with E-state index in [4.69, 9.17) is 4.98 Å². The van der Waals surface area contributed by atoms with Gasteiger partial charge in [-0.3, -0.25) is 4.79 Å². The number of thiazole rings is 1. The van der Waals surface area contributed by atoms with Crippen LogP contribution in [0.4, 0.5) is 11.6 Å². The van der Waals surface area contributed by atoms with Crippen LogP contribution < -0.4 is 5.32 Å². The quantitative estimate of drug-likeness (QED) is 0.472. The molecular weight excluding hydrogens is 448 g/mol. The molecule has 5 atom stereocenters. The Balaban J connectivity index is 1.31. The van der Waals surface area contributed by atoms with Gasteiger partial charge in [0.05, 0.1) is 10.3 Å². The highest BCUT2D eigenvalue weighted by Gasteiger charge is 2.65. The van der Waals surface area contributed by atoms with E-state index in [1.54, 1.807) is 6.20 Å². The van der Waals surface area contributed by atoms with Crippen molar-refractivity contribution in [1.29, 1.82) is 0 Å². The molecule has 3 N–H and O–H groups in total. The molecule has 4 fully saturated rings. The lowest BCUT2D eigenvalue weighted by Gasteiger charge is -2.61. The maximum Gasteiger partial charge on any atom is 0.309 e. The van der Waals surface area contributed by atoms with E-state index in [9.17, 15) is 15.0 Å². The molecule has 0 spiro atoms. The number of hydrogen-bond acceptors (Lipinski definition) is 7. The van der Waals surface area contributed by atoms with Gasteiger partial charge in [-0.25, -0.2) is 15.0 Å². The van der Waals surface area contributed by atoms with Gasteiger partial charge < -0.3 is 15.5 Å². The van der Waals surface area contributed by atoms with Crippen molar-refractivity contribution in [2.45, 2.75) is 51.6 Å². The number of carbonyl (C=O) groups is 1. The minimum absolute atomic E-state index is 0.0398. The summed E-state index contributed by atoms with van der Waals surface area (Å²) in [6.45, 7) is 3.98. The number of rotatable bonds is 5. The molecule has 2 heterocycles. The summed E-state index contributed by atoms with van der Waals surface area (Å²) in [6, 6.07) is 8.07. The number of hydrogen-bond donors (Lipinski definition) is 3. The van der Waals surface area contributed by atoms with Crippen molar-refractivity contribution in [2.24, 2.45) is 23.2 Å². The van der Waals surface area contributed by atoms with Gasteiger partial charge in [0.15, 0.2) is 0 Å². The molecule has 8 heteroatoms. The van der Waals surface area contributed by atoms with E-state index in [-0.39, 0.29) is 11.8 Å². The highest BCUT2D eigenvalue weighted by atomic mass is 32.1. The van der Waals surface area contributed by atoms with E-state index in [1.807, 2.05) is 32.2 Å². The fourth-order valence-electron chi connectivity index (χ4n) is 6.82. The van der Waals surface area contributed by atoms with Crippen molar-refractivity contribution in [3.8, 4) is 10.4 Å². The Hall–Kier alpha value is -2.84. The molecule has 0 aliphatic heterocycles. The zero-order valence-corrected chi connectivity index (χ0v) is 20.1. The molecule has 4 saturated carbocycles. The van der Waals surface area contributed by atoms with Crippen molar-refractivity contribution < 1.29 is 15.0 Å². The minimum Gasteiger partial charge on any atom is -0.481 e. The summed E-state index contributed by atoms with van der Waals surface area (Å²) in [6.07, 6.45) is 7.23. The van der Waals surface area contributed by atoms with Gasteiger partial charge in [0, 0.05) is 23.8 Å². The fourth-order valence-corrected chi connectivity index (χ4v) is 7.98. The lowest BCUT2D eigenvalue weighted by molar-refractivity contribution is -0.216. The molecule has 3 unspecified atom stereocenters. The van der Waals surface area contributed by atoms with Crippen LogP contribution in [0.5, 0.6) is 0 Å². The normalized spacial score (nSPS) is 31.6. The van der Waals surface area contributed by atoms with E-state index in [1.165, 1.54) is 11.3 Å². The first-order chi connectivity index (χ1) is 16.2. The number of anilines is 2. The maximum absolute atomic E-state index is 12.1. The number of aliphatic carboxylic acids is 1. The lowest BCUT2D eigenvalue weighted by Crippen LogP contribution is -2.61. The summed E-state index contributed by atoms with van der Waals surface area (Å²) in [5.41, 5.74) is 2.22. The van der Waals surface area contributed by atoms with Gasteiger partial charge in [-0.05, 0) is 93.0 Å². The molecule has 0 radical (unpaired) electrons. The summed E-state index contributed by atoms with van der Waals surface area (Å²) in [4.78, 5) is 26.5. The minimum atomic E-state index is -1.03. The number of benzene rings is 1. The average molecular weight is 477 g/mol. The summed E-state index contributed by atoms with van der Waals surface area (Å²) >= 11 is 1.53. The van der Waals surface area contributed by atoms with Crippen LogP contribution in [0.15, 0.2) is 36.7 Å². The molecular formula is C26H28N4O3S. The Bertz CT molecular complexity index is 1270. The van der Waals surface area contributed by atoms with Gasteiger partial charge >= 0.3 is 5.97 Å². The first kappa shape index (κ1) is 21.7. The van der Waals surface area contributed by atoms with E-state index in [2.05, 4.69) is 27.4 Å². The van der Waals surface area contributed by atoms with Gasteiger partial charge in [-0.1, -0.05) is 6.07 Å². The number of carboxylic acid groups (broad SMARTS) is 1. The first-order valence-electron chi connectivity index (χ1n) is 11.9. The Kier molecular flexibility index (Phi) is 4.83. The van der Waals surface area contributed by atoms with Crippen molar-refractivity contribution >= 4 is 28.9 Å². The summed E-state index contributed by atoms with van der Waals surface area (Å²) in [5.74, 6) is 0.189. The van der Waals surface area contributed by atoms with Crippen molar-refractivity contribution in [1.82, 2.24) is 15.0 Å². The van der Waals surface area contributed by atoms with Crippen molar-refractivity contribution in [2.75, 3.05) is 5.32 Å². The summed E-state index contributed by atoms with van der Waals surface area (Å²) < 4.78 is 0. The third-order valence-corrected chi connectivity index (χ3v) is 9.34. The van der Waals surface area contributed by atoms with Crippen molar-refractivity contribution in [3.05, 3.63) is 52.9 Å². The maximum atomic E-state index is 12.1. The van der Waals surface area contributed by atoms with E-state index >= 15 is 0 Å². The van der Waals surface area contributed by atoms with Crippen LogP contribution >= 0.6 is 11.3 Å². The number of carboxylic acids is 1. The SMILES string of the molecule is Cc1cc(Nc2nccc(C)n2)cc(-c2cnc(C3(O)[C@@H]4CC5C[C@H]3CC(C(=O)O)(C5)C4)s2)c1. The third-order valence-electron chi connectivity index (χ3n) is 8.15. The molecule has 4 bridgehead atoms. The second-order valence-corrected chi connectivity index (χ2v) is 11.5. The molecule has 1 aromatic carbocycles. The van der Waals surface area contributed by atoms with Gasteiger partial charge in [0.25, 0.3) is 0 Å². The van der Waals surface area contributed by atoms with Crippen LogP contribution in [-0.4, -0.2) is 31.1 Å². The van der Waals surface area contributed by atoms with Crippen LogP contribution in [0.2, 0.25) is 0 Å². The largest absolute Gasteiger partial charge is 0.481 e. The van der Waals surface area contributed by atoms with Crippen LogP contribution in [-0.2, 0) is 10.4 Å². The zero-order valence-electron chi connectivity index (χ0n) is 19.3. The van der Waals surface area contributed by atoms with Crippen LogP contribution in [0.25, 0.3) is 10.4 Å². The fraction of sp³-hybridized carbons (Fsp3) is 0.462. The van der Waals surface area contributed by atoms with E-state index in [0.29, 0.717) is 24.7 Å². The number of aliphatic hydroxyl groups is 1. The summed E-state index contributed by atoms with van der Waals surface area (Å²) in [7, 11) is 0. The number of aryl methyl sites for hydroxylation is 2. The second-order valence-electron chi connectivity index (χ2n) is 10.5. The van der Waals surface area contributed by atoms with Gasteiger partial charge in [-0.2, -0.15) is 0 Å². The number of aromatic nitrogens is 3. The molecule has 7 nitrogen and oxygen atoms in total. The van der Waals surface area contributed by atoms with Gasteiger partial charge in [0.1, 0.15) is 10.6 Å². The molecule has 0 amide bonds.